The van der Waals surface area contributed by atoms with Crippen LogP contribution in [0, 0.1) is 5.41 Å². The molecule has 0 saturated carbocycles. The third-order valence-electron chi connectivity index (χ3n) is 1.14. The van der Waals surface area contributed by atoms with E-state index in [-0.39, 0.29) is 5.66 Å². The molecule has 0 heterocycles. The number of hydrogen-bond donors (Lipinski definition) is 2. The molecule has 2 atom stereocenters. The summed E-state index contributed by atoms with van der Waals surface area (Å²) in [6, 6.07) is 0. The normalized spacial score (nSPS) is 13.7. The number of hydrogen-bond acceptors (Lipinski definition) is 3. The van der Waals surface area contributed by atoms with Crippen LogP contribution in [0.25, 0.3) is 0 Å². The molecule has 0 aromatic heterocycles. The lowest BCUT2D eigenvalue weighted by Gasteiger charge is -2.02. The Hall–Kier alpha value is -0.430. The molecule has 0 amide bonds. The van der Waals surface area contributed by atoms with E-state index < -0.39 is 8.03 Å². The van der Waals surface area contributed by atoms with Crippen LogP contribution < -0.4 is 0 Å². The van der Waals surface area contributed by atoms with Gasteiger partial charge in [-0.1, -0.05) is 20.3 Å². The van der Waals surface area contributed by atoms with Crippen LogP contribution >= 0.6 is 8.03 Å². The van der Waals surface area contributed by atoms with Crippen LogP contribution in [-0.4, -0.2) is 16.6 Å². The van der Waals surface area contributed by atoms with Crippen molar-refractivity contribution < 1.29 is 14.3 Å². The van der Waals surface area contributed by atoms with Gasteiger partial charge in [0.2, 0.25) is 6.08 Å². The van der Waals surface area contributed by atoms with Crippen LogP contribution in [0.5, 0.6) is 0 Å². The minimum Gasteiger partial charge on any atom is -0.346 e. The fourth-order valence-electron chi connectivity index (χ4n) is 0.556. The van der Waals surface area contributed by atoms with Gasteiger partial charge in [0, 0.05) is 5.66 Å². The highest BCUT2D eigenvalue weighted by atomic mass is 31.1. The van der Waals surface area contributed by atoms with Crippen LogP contribution in [0.15, 0.2) is 0 Å². The standard InChI is InChI=1S/C5H13O2P.CHNO/c1-3-4-5(2)8(6)7;2-1-3/h5,8H,3-4H2,1-2H3,(H,6,7);2H. The van der Waals surface area contributed by atoms with Crippen LogP contribution in [0.3, 0.4) is 0 Å². The number of isocyanates is 1. The summed E-state index contributed by atoms with van der Waals surface area (Å²) in [5.74, 6) is 0. The number of rotatable bonds is 3. The van der Waals surface area contributed by atoms with Gasteiger partial charge < -0.3 is 4.89 Å². The summed E-state index contributed by atoms with van der Waals surface area (Å²) >= 11 is 0. The molecule has 2 N–H and O–H groups in total. The van der Waals surface area contributed by atoms with Crippen LogP contribution in [0.1, 0.15) is 26.7 Å². The summed E-state index contributed by atoms with van der Waals surface area (Å²) in [7, 11) is -2.22. The van der Waals surface area contributed by atoms with E-state index in [1.165, 1.54) is 0 Å². The lowest BCUT2D eigenvalue weighted by atomic mass is 10.3. The van der Waals surface area contributed by atoms with E-state index in [9.17, 15) is 4.57 Å². The fourth-order valence-corrected chi connectivity index (χ4v) is 1.09. The number of carbonyl (C=O) groups excluding carboxylic acids is 1. The van der Waals surface area contributed by atoms with E-state index in [2.05, 4.69) is 0 Å². The maximum atomic E-state index is 10.3. The molecule has 0 aliphatic rings. The van der Waals surface area contributed by atoms with Crippen molar-refractivity contribution in [2.45, 2.75) is 32.3 Å². The van der Waals surface area contributed by atoms with Gasteiger partial charge in [0.1, 0.15) is 0 Å². The molecule has 0 aliphatic carbocycles. The van der Waals surface area contributed by atoms with Gasteiger partial charge in [0.05, 0.1) is 0 Å². The molecular formula is C6H14NO3P. The Labute approximate surface area is 67.0 Å². The summed E-state index contributed by atoms with van der Waals surface area (Å²) in [5, 5.41) is 5.40. The molecule has 0 radical (unpaired) electrons. The first-order valence-electron chi connectivity index (χ1n) is 3.36. The molecule has 0 aromatic carbocycles. The van der Waals surface area contributed by atoms with E-state index in [4.69, 9.17) is 15.1 Å². The predicted octanol–water partition coefficient (Wildman–Crippen LogP) is 1.54. The lowest BCUT2D eigenvalue weighted by Crippen LogP contribution is -1.92. The molecule has 2 unspecified atom stereocenters. The zero-order valence-electron chi connectivity index (χ0n) is 6.76. The van der Waals surface area contributed by atoms with Gasteiger partial charge in [-0.2, -0.15) is 0 Å². The quantitative estimate of drug-likeness (QED) is 0.392. The van der Waals surface area contributed by atoms with Crippen LogP contribution in [-0.2, 0) is 9.36 Å². The van der Waals surface area contributed by atoms with E-state index in [1.54, 1.807) is 0 Å². The van der Waals surface area contributed by atoms with E-state index in [0.717, 1.165) is 18.9 Å². The second-order valence-electron chi connectivity index (χ2n) is 2.13. The van der Waals surface area contributed by atoms with Gasteiger partial charge in [-0.05, 0) is 6.42 Å². The SMILES string of the molecule is CCCC(C)[PH](=O)O.N=C=O. The summed E-state index contributed by atoms with van der Waals surface area (Å²) in [5.41, 5.74) is 0.0185. The van der Waals surface area contributed by atoms with E-state index in [0.29, 0.717) is 0 Å². The van der Waals surface area contributed by atoms with Crippen molar-refractivity contribution >= 4 is 14.1 Å². The van der Waals surface area contributed by atoms with Crippen molar-refractivity contribution in [1.82, 2.24) is 0 Å². The number of nitrogens with one attached hydrogen (secondary N) is 1. The average molecular weight is 179 g/mol. The molecule has 0 aromatic rings. The van der Waals surface area contributed by atoms with Gasteiger partial charge in [-0.25, -0.2) is 10.2 Å². The zero-order valence-corrected chi connectivity index (χ0v) is 7.76. The van der Waals surface area contributed by atoms with Crippen molar-refractivity contribution in [3.8, 4) is 0 Å². The van der Waals surface area contributed by atoms with Crippen molar-refractivity contribution in [2.75, 3.05) is 0 Å². The first-order valence-corrected chi connectivity index (χ1v) is 4.80. The molecule has 0 bridgehead atoms. The third kappa shape index (κ3) is 12.7. The molecule has 0 saturated heterocycles. The van der Waals surface area contributed by atoms with E-state index >= 15 is 0 Å². The van der Waals surface area contributed by atoms with Gasteiger partial charge in [0.15, 0.2) is 8.03 Å². The predicted molar refractivity (Wildman–Crippen MR) is 44.0 cm³/mol. The molecule has 0 fully saturated rings. The summed E-state index contributed by atoms with van der Waals surface area (Å²) in [6.45, 7) is 3.83. The molecule has 5 heteroatoms. The summed E-state index contributed by atoms with van der Waals surface area (Å²) < 4.78 is 10.3. The molecular weight excluding hydrogens is 165 g/mol. The van der Waals surface area contributed by atoms with Gasteiger partial charge in [-0.15, -0.1) is 0 Å². The Morgan fingerprint density at radius 2 is 2.09 bits per heavy atom. The minimum atomic E-state index is -2.22. The van der Waals surface area contributed by atoms with Crippen LogP contribution in [0.2, 0.25) is 0 Å². The first-order chi connectivity index (χ1) is 5.09. The molecule has 11 heavy (non-hydrogen) atoms. The van der Waals surface area contributed by atoms with Crippen molar-refractivity contribution in [2.24, 2.45) is 0 Å². The van der Waals surface area contributed by atoms with Gasteiger partial charge >= 0.3 is 0 Å². The minimum absolute atomic E-state index is 0.0185. The molecule has 66 valence electrons. The third-order valence-corrected chi connectivity index (χ3v) is 2.28. The van der Waals surface area contributed by atoms with Crippen LogP contribution in [0.4, 0.5) is 0 Å². The zero-order chi connectivity index (χ0) is 9.28. The average Bonchev–Trinajstić information content (AvgIpc) is 1.90. The Morgan fingerprint density at radius 1 is 1.73 bits per heavy atom. The highest BCUT2D eigenvalue weighted by molar-refractivity contribution is 7.38. The summed E-state index contributed by atoms with van der Waals surface area (Å²) in [4.78, 5) is 16.8. The maximum Gasteiger partial charge on any atom is 0.231 e. The van der Waals surface area contributed by atoms with Gasteiger partial charge in [0.25, 0.3) is 0 Å². The van der Waals surface area contributed by atoms with Crippen molar-refractivity contribution in [1.29, 1.82) is 5.41 Å². The van der Waals surface area contributed by atoms with E-state index in [1.807, 2.05) is 13.8 Å². The molecule has 0 spiro atoms. The molecule has 4 nitrogen and oxygen atoms in total. The Bertz CT molecular complexity index is 143. The Balaban J connectivity index is 0. The summed E-state index contributed by atoms with van der Waals surface area (Å²) in [6.07, 6.45) is 2.62. The van der Waals surface area contributed by atoms with Crippen molar-refractivity contribution in [3.63, 3.8) is 0 Å². The fraction of sp³-hybridized carbons (Fsp3) is 0.833. The highest BCUT2D eigenvalue weighted by Crippen LogP contribution is 2.24. The van der Waals surface area contributed by atoms with Crippen molar-refractivity contribution in [3.05, 3.63) is 0 Å². The lowest BCUT2D eigenvalue weighted by molar-refractivity contribution is 0.487. The topological polar surface area (TPSA) is 78.2 Å². The maximum absolute atomic E-state index is 10.3. The molecule has 0 rings (SSSR count). The highest BCUT2D eigenvalue weighted by Gasteiger charge is 2.03. The Kier molecular flexibility index (Phi) is 11.5. The smallest absolute Gasteiger partial charge is 0.231 e. The Morgan fingerprint density at radius 3 is 2.18 bits per heavy atom. The molecule has 0 aliphatic heterocycles. The van der Waals surface area contributed by atoms with Gasteiger partial charge in [-0.3, -0.25) is 4.57 Å². The monoisotopic (exact) mass is 179 g/mol. The second-order valence-corrected chi connectivity index (χ2v) is 3.79. The second kappa shape index (κ2) is 9.57. The largest absolute Gasteiger partial charge is 0.346 e. The first kappa shape index (κ1) is 13.2.